The molecule has 158 valence electrons. The number of carbonyl (C=O) groups is 3. The van der Waals surface area contributed by atoms with Crippen LogP contribution < -0.4 is 10.2 Å². The molecule has 0 unspecified atom stereocenters. The number of anilines is 2. The van der Waals surface area contributed by atoms with E-state index in [1.807, 2.05) is 24.3 Å². The lowest BCUT2D eigenvalue weighted by Crippen LogP contribution is -2.32. The molecule has 6 rings (SSSR count). The highest BCUT2D eigenvalue weighted by Crippen LogP contribution is 2.53. The Morgan fingerprint density at radius 1 is 1.00 bits per heavy atom. The molecule has 3 amide bonds. The molecule has 1 saturated carbocycles. The summed E-state index contributed by atoms with van der Waals surface area (Å²) in [4.78, 5) is 44.5. The predicted molar refractivity (Wildman–Crippen MR) is 121 cm³/mol. The smallest absolute Gasteiger partial charge is 0.257 e. The monoisotopic (exact) mass is 443 g/mol. The van der Waals surface area contributed by atoms with Gasteiger partial charge in [0.25, 0.3) is 5.91 Å². The SMILES string of the molecule is O=C(Nc1cccc2cccnc12)c1ccc(N2C(=O)[C@@H]3[C@H](C2=O)[C@@H]2C=C[C@H]3C2)cc1Cl. The Labute approximate surface area is 188 Å². The highest BCUT2D eigenvalue weighted by atomic mass is 35.5. The number of hydrogen-bond donors (Lipinski definition) is 1. The number of aromatic nitrogens is 1. The fourth-order valence-electron chi connectivity index (χ4n) is 5.38. The number of nitrogens with zero attached hydrogens (tertiary/aromatic N) is 2. The molecular weight excluding hydrogens is 426 g/mol. The standard InChI is InChI=1S/C25H18ClN3O3/c26-18-12-16(29-24(31)20-14-6-7-15(11-14)21(20)25(29)32)8-9-17(18)23(30)28-19-5-1-3-13-4-2-10-27-22(13)19/h1-10,12,14-15,20-21H,11H2,(H,28,30)/t14-,15+,20-,21+. The number of hydrogen-bond acceptors (Lipinski definition) is 4. The van der Waals surface area contributed by atoms with E-state index in [-0.39, 0.29) is 46.1 Å². The number of imide groups is 1. The first-order valence-electron chi connectivity index (χ1n) is 10.5. The Bertz CT molecular complexity index is 1320. The zero-order valence-electron chi connectivity index (χ0n) is 16.9. The van der Waals surface area contributed by atoms with Crippen LogP contribution in [0.2, 0.25) is 5.02 Å². The molecule has 3 aromatic rings. The van der Waals surface area contributed by atoms with Crippen LogP contribution in [0.25, 0.3) is 10.9 Å². The minimum atomic E-state index is -0.391. The molecule has 2 bridgehead atoms. The Kier molecular flexibility index (Phi) is 4.20. The van der Waals surface area contributed by atoms with Crippen molar-refractivity contribution in [2.24, 2.45) is 23.7 Å². The van der Waals surface area contributed by atoms with Crippen molar-refractivity contribution in [1.82, 2.24) is 4.98 Å². The molecule has 2 heterocycles. The number of fused-ring (bicyclic) bond motifs is 6. The predicted octanol–water partition coefficient (Wildman–Crippen LogP) is 4.45. The molecular formula is C25H18ClN3O3. The molecule has 1 N–H and O–H groups in total. The van der Waals surface area contributed by atoms with Crippen LogP contribution in [0, 0.1) is 23.7 Å². The van der Waals surface area contributed by atoms with Crippen molar-refractivity contribution < 1.29 is 14.4 Å². The second-order valence-electron chi connectivity index (χ2n) is 8.51. The van der Waals surface area contributed by atoms with Gasteiger partial charge in [-0.15, -0.1) is 0 Å². The Hall–Kier alpha value is -3.51. The summed E-state index contributed by atoms with van der Waals surface area (Å²) in [5.41, 5.74) is 1.92. The van der Waals surface area contributed by atoms with Gasteiger partial charge in [-0.1, -0.05) is 42.0 Å². The third-order valence-electron chi connectivity index (χ3n) is 6.81. The number of allylic oxidation sites excluding steroid dienone is 2. The molecule has 6 nitrogen and oxygen atoms in total. The number of carbonyl (C=O) groups excluding carboxylic acids is 3. The van der Waals surface area contributed by atoms with E-state index in [4.69, 9.17) is 11.6 Å². The van der Waals surface area contributed by atoms with Crippen molar-refractivity contribution in [1.29, 1.82) is 0 Å². The number of halogens is 1. The summed E-state index contributed by atoms with van der Waals surface area (Å²) >= 11 is 6.43. The summed E-state index contributed by atoms with van der Waals surface area (Å²) in [6.07, 6.45) is 6.66. The maximum Gasteiger partial charge on any atom is 0.257 e. The number of benzene rings is 2. The van der Waals surface area contributed by atoms with Gasteiger partial charge >= 0.3 is 0 Å². The van der Waals surface area contributed by atoms with Gasteiger partial charge in [-0.25, -0.2) is 4.90 Å². The molecule has 4 atom stereocenters. The number of nitrogens with one attached hydrogen (secondary N) is 1. The third-order valence-corrected chi connectivity index (χ3v) is 7.12. The number of para-hydroxylation sites is 1. The molecule has 1 saturated heterocycles. The van der Waals surface area contributed by atoms with Crippen molar-refractivity contribution in [3.63, 3.8) is 0 Å². The zero-order valence-corrected chi connectivity index (χ0v) is 17.6. The molecule has 1 aromatic heterocycles. The van der Waals surface area contributed by atoms with Crippen molar-refractivity contribution in [3.05, 3.63) is 77.5 Å². The van der Waals surface area contributed by atoms with E-state index in [0.717, 1.165) is 11.8 Å². The van der Waals surface area contributed by atoms with Crippen LogP contribution in [0.15, 0.2) is 66.9 Å². The maximum absolute atomic E-state index is 13.0. The number of amides is 3. The van der Waals surface area contributed by atoms with E-state index in [1.54, 1.807) is 24.4 Å². The van der Waals surface area contributed by atoms with Gasteiger partial charge in [-0.2, -0.15) is 0 Å². The molecule has 2 aliphatic carbocycles. The van der Waals surface area contributed by atoms with Crippen LogP contribution in [-0.2, 0) is 9.59 Å². The second-order valence-corrected chi connectivity index (χ2v) is 8.92. The Balaban J connectivity index is 1.28. The Morgan fingerprint density at radius 2 is 1.72 bits per heavy atom. The highest BCUT2D eigenvalue weighted by molar-refractivity contribution is 6.35. The van der Waals surface area contributed by atoms with Crippen molar-refractivity contribution in [2.45, 2.75) is 6.42 Å². The first-order valence-corrected chi connectivity index (χ1v) is 10.9. The third kappa shape index (κ3) is 2.72. The molecule has 0 spiro atoms. The van der Waals surface area contributed by atoms with Crippen molar-refractivity contribution >= 4 is 51.6 Å². The molecule has 3 aliphatic rings. The lowest BCUT2D eigenvalue weighted by molar-refractivity contribution is -0.123. The molecule has 0 radical (unpaired) electrons. The number of rotatable bonds is 3. The largest absolute Gasteiger partial charge is 0.320 e. The first-order chi connectivity index (χ1) is 15.5. The zero-order chi connectivity index (χ0) is 22.0. The van der Waals surface area contributed by atoms with E-state index in [9.17, 15) is 14.4 Å². The molecule has 32 heavy (non-hydrogen) atoms. The summed E-state index contributed by atoms with van der Waals surface area (Å²) in [7, 11) is 0. The van der Waals surface area contributed by atoms with Gasteiger partial charge < -0.3 is 5.32 Å². The lowest BCUT2D eigenvalue weighted by atomic mass is 9.85. The molecule has 1 aliphatic heterocycles. The van der Waals surface area contributed by atoms with Gasteiger partial charge in [0.05, 0.1) is 39.3 Å². The van der Waals surface area contributed by atoms with Crippen LogP contribution >= 0.6 is 11.6 Å². The lowest BCUT2D eigenvalue weighted by Gasteiger charge is -2.18. The van der Waals surface area contributed by atoms with Gasteiger partial charge in [0, 0.05) is 11.6 Å². The highest BCUT2D eigenvalue weighted by Gasteiger charge is 2.59. The second kappa shape index (κ2) is 7.00. The summed E-state index contributed by atoms with van der Waals surface area (Å²) in [5, 5.41) is 3.94. The number of pyridine rings is 1. The normalized spacial score (nSPS) is 25.6. The average molecular weight is 444 g/mol. The first kappa shape index (κ1) is 19.2. The molecule has 2 aromatic carbocycles. The van der Waals surface area contributed by atoms with E-state index in [1.165, 1.54) is 11.0 Å². The maximum atomic E-state index is 13.0. The van der Waals surface area contributed by atoms with Crippen LogP contribution in [-0.4, -0.2) is 22.7 Å². The van der Waals surface area contributed by atoms with Crippen molar-refractivity contribution in [3.8, 4) is 0 Å². The van der Waals surface area contributed by atoms with Crippen LogP contribution in [0.5, 0.6) is 0 Å². The minimum absolute atomic E-state index is 0.140. The minimum Gasteiger partial charge on any atom is -0.320 e. The summed E-state index contributed by atoms with van der Waals surface area (Å²) in [5.74, 6) is -1.02. The van der Waals surface area contributed by atoms with Gasteiger partial charge in [0.1, 0.15) is 0 Å². The van der Waals surface area contributed by atoms with Gasteiger partial charge in [-0.05, 0) is 48.6 Å². The van der Waals surface area contributed by atoms with Gasteiger partial charge in [0.15, 0.2) is 0 Å². The fraction of sp³-hybridized carbons (Fsp3) is 0.200. The van der Waals surface area contributed by atoms with Crippen LogP contribution in [0.1, 0.15) is 16.8 Å². The van der Waals surface area contributed by atoms with E-state index >= 15 is 0 Å². The summed E-state index contributed by atoms with van der Waals surface area (Å²) < 4.78 is 0. The van der Waals surface area contributed by atoms with Crippen LogP contribution in [0.4, 0.5) is 11.4 Å². The average Bonchev–Trinajstić information content (AvgIpc) is 3.47. The fourth-order valence-corrected chi connectivity index (χ4v) is 5.64. The molecule has 7 heteroatoms. The van der Waals surface area contributed by atoms with E-state index in [2.05, 4.69) is 22.5 Å². The van der Waals surface area contributed by atoms with Gasteiger partial charge in [-0.3, -0.25) is 19.4 Å². The van der Waals surface area contributed by atoms with E-state index < -0.39 is 5.91 Å². The Morgan fingerprint density at radius 3 is 2.44 bits per heavy atom. The van der Waals surface area contributed by atoms with Gasteiger partial charge in [0.2, 0.25) is 11.8 Å². The van der Waals surface area contributed by atoms with E-state index in [0.29, 0.717) is 16.9 Å². The topological polar surface area (TPSA) is 79.4 Å². The molecule has 2 fully saturated rings. The quantitative estimate of drug-likeness (QED) is 0.479. The van der Waals surface area contributed by atoms with Crippen LogP contribution in [0.3, 0.4) is 0 Å². The summed E-state index contributed by atoms with van der Waals surface area (Å²) in [6, 6.07) is 14.0. The van der Waals surface area contributed by atoms with Crippen molar-refractivity contribution in [2.75, 3.05) is 10.2 Å². The summed E-state index contributed by atoms with van der Waals surface area (Å²) in [6.45, 7) is 0.